The third kappa shape index (κ3) is 3.76. The lowest BCUT2D eigenvalue weighted by Gasteiger charge is -2.19. The molecule has 0 aliphatic heterocycles. The zero-order valence-corrected chi connectivity index (χ0v) is 15.7. The van der Waals surface area contributed by atoms with E-state index in [0.29, 0.717) is 14.8 Å². The predicted molar refractivity (Wildman–Crippen MR) is 93.5 cm³/mol. The van der Waals surface area contributed by atoms with Gasteiger partial charge in [0.2, 0.25) is 5.82 Å². The smallest absolute Gasteiger partial charge is 0.452 e. The van der Waals surface area contributed by atoms with Crippen molar-refractivity contribution < 1.29 is 17.9 Å². The molecule has 0 aliphatic carbocycles. The first-order valence-corrected chi connectivity index (χ1v) is 8.26. The lowest BCUT2D eigenvalue weighted by molar-refractivity contribution is -0.146. The third-order valence-electron chi connectivity index (χ3n) is 3.37. The maximum Gasteiger partial charge on any atom is 0.452 e. The number of aromatic nitrogens is 3. The number of nitrogens with zero attached hydrogens (tertiary/aromatic N) is 3. The summed E-state index contributed by atoms with van der Waals surface area (Å²) in [5.74, 6) is -1.16. The topological polar surface area (TPSA) is 49.0 Å². The highest BCUT2D eigenvalue weighted by Gasteiger charge is 2.40. The lowest BCUT2D eigenvalue weighted by atomic mass is 10.1. The normalized spacial score (nSPS) is 11.9. The molecule has 0 radical (unpaired) electrons. The van der Waals surface area contributed by atoms with Crippen LogP contribution in [-0.2, 0) is 19.6 Å². The highest BCUT2D eigenvalue weighted by atomic mass is 35.5. The third-order valence-corrected chi connectivity index (χ3v) is 4.07. The second-order valence-electron chi connectivity index (χ2n) is 5.72. The minimum absolute atomic E-state index is 0.0267. The molecule has 0 aliphatic rings. The fraction of sp³-hybridized carbons (Fsp3) is 0.375. The van der Waals surface area contributed by atoms with Crippen LogP contribution in [0.1, 0.15) is 25.2 Å². The Morgan fingerprint density at radius 3 is 2.50 bits per heavy atom. The van der Waals surface area contributed by atoms with E-state index in [1.165, 1.54) is 6.08 Å². The molecule has 142 valence electrons. The molecule has 0 unspecified atom stereocenters. The van der Waals surface area contributed by atoms with Gasteiger partial charge in [-0.15, -0.1) is 11.7 Å². The minimum atomic E-state index is -4.86. The molecule has 0 N–H and O–H groups in total. The van der Waals surface area contributed by atoms with Gasteiger partial charge >= 0.3 is 11.9 Å². The Morgan fingerprint density at radius 1 is 1.38 bits per heavy atom. The molecule has 5 nitrogen and oxygen atoms in total. The fourth-order valence-corrected chi connectivity index (χ4v) is 2.93. The van der Waals surface area contributed by atoms with Crippen LogP contribution in [0.25, 0.3) is 5.69 Å². The van der Waals surface area contributed by atoms with Gasteiger partial charge in [0.15, 0.2) is 0 Å². The summed E-state index contributed by atoms with van der Waals surface area (Å²) >= 11 is 12.6. The number of allylic oxidation sites excluding steroid dienone is 1. The molecule has 2 aromatic rings. The van der Waals surface area contributed by atoms with Crippen molar-refractivity contribution >= 4 is 23.2 Å². The fourth-order valence-electron chi connectivity index (χ4n) is 2.37. The Bertz CT molecular complexity index is 902. The lowest BCUT2D eigenvalue weighted by Crippen LogP contribution is -2.25. The molecule has 0 atom stereocenters. The Balaban J connectivity index is 2.85. The summed E-state index contributed by atoms with van der Waals surface area (Å²) in [4.78, 5) is 12.2. The quantitative estimate of drug-likeness (QED) is 0.687. The van der Waals surface area contributed by atoms with Gasteiger partial charge in [-0.2, -0.15) is 13.2 Å². The Kier molecular flexibility index (Phi) is 5.77. The van der Waals surface area contributed by atoms with Gasteiger partial charge in [0.05, 0.1) is 21.8 Å². The maximum atomic E-state index is 13.3. The number of alkyl halides is 3. The average molecular weight is 410 g/mol. The largest absolute Gasteiger partial charge is 0.489 e. The van der Waals surface area contributed by atoms with Crippen LogP contribution >= 0.6 is 23.2 Å². The molecular formula is C16H16Cl2F3N3O2. The van der Waals surface area contributed by atoms with Crippen molar-refractivity contribution in [1.82, 2.24) is 14.3 Å². The van der Waals surface area contributed by atoms with Crippen LogP contribution in [0.3, 0.4) is 0 Å². The van der Waals surface area contributed by atoms with Gasteiger partial charge in [0.1, 0.15) is 5.75 Å². The van der Waals surface area contributed by atoms with Gasteiger partial charge in [-0.1, -0.05) is 29.3 Å². The molecule has 0 saturated heterocycles. The van der Waals surface area contributed by atoms with Crippen LogP contribution in [0.4, 0.5) is 13.2 Å². The number of ether oxygens (including phenoxy) is 1. The van der Waals surface area contributed by atoms with E-state index >= 15 is 0 Å². The molecule has 26 heavy (non-hydrogen) atoms. The summed E-state index contributed by atoms with van der Waals surface area (Å²) in [7, 11) is 1.12. The maximum absolute atomic E-state index is 13.3. The summed E-state index contributed by atoms with van der Waals surface area (Å²) in [6.07, 6.45) is -3.41. The summed E-state index contributed by atoms with van der Waals surface area (Å²) in [5.41, 5.74) is -0.894. The van der Waals surface area contributed by atoms with Crippen molar-refractivity contribution in [2.75, 3.05) is 0 Å². The summed E-state index contributed by atoms with van der Waals surface area (Å²) in [5, 5.41) is 3.20. The van der Waals surface area contributed by atoms with Crippen LogP contribution in [0.5, 0.6) is 5.75 Å². The number of halogens is 5. The number of benzene rings is 1. The first-order chi connectivity index (χ1) is 12.0. The van der Waals surface area contributed by atoms with E-state index in [2.05, 4.69) is 11.7 Å². The van der Waals surface area contributed by atoms with Crippen molar-refractivity contribution in [3.63, 3.8) is 0 Å². The zero-order chi connectivity index (χ0) is 19.8. The standard InChI is InChI=1S/C16H16Cl2F3N3O2/c1-5-6-9-12(18)11(7-10(17)13(9)26-8(2)3)24-14(16(19,20)21)22-23(4)15(24)25/h5,7-8H,1,6H2,2-4H3. The molecule has 0 saturated carbocycles. The number of aryl methyl sites for hydroxylation is 1. The van der Waals surface area contributed by atoms with Crippen LogP contribution in [0.15, 0.2) is 23.5 Å². The minimum Gasteiger partial charge on any atom is -0.489 e. The van der Waals surface area contributed by atoms with E-state index in [1.54, 1.807) is 13.8 Å². The van der Waals surface area contributed by atoms with Gasteiger partial charge in [0.25, 0.3) is 0 Å². The van der Waals surface area contributed by atoms with Gasteiger partial charge < -0.3 is 4.74 Å². The molecule has 0 amide bonds. The molecule has 0 bridgehead atoms. The summed E-state index contributed by atoms with van der Waals surface area (Å²) in [6, 6.07) is 1.16. The molecule has 2 rings (SSSR count). The van der Waals surface area contributed by atoms with Gasteiger partial charge in [-0.25, -0.2) is 14.0 Å². The highest BCUT2D eigenvalue weighted by Crippen LogP contribution is 2.40. The molecular weight excluding hydrogens is 394 g/mol. The van der Waals surface area contributed by atoms with Crippen LogP contribution in [0, 0.1) is 0 Å². The van der Waals surface area contributed by atoms with Crippen molar-refractivity contribution in [2.24, 2.45) is 7.05 Å². The first kappa shape index (κ1) is 20.4. The number of hydrogen-bond acceptors (Lipinski definition) is 3. The van der Waals surface area contributed by atoms with E-state index in [0.717, 1.165) is 13.1 Å². The van der Waals surface area contributed by atoms with E-state index in [-0.39, 0.29) is 34.0 Å². The van der Waals surface area contributed by atoms with Crippen molar-refractivity contribution in [3.8, 4) is 11.4 Å². The van der Waals surface area contributed by atoms with Gasteiger partial charge in [0, 0.05) is 12.6 Å². The van der Waals surface area contributed by atoms with E-state index in [1.807, 2.05) is 0 Å². The molecule has 0 spiro atoms. The van der Waals surface area contributed by atoms with Crippen molar-refractivity contribution in [3.05, 3.63) is 50.6 Å². The zero-order valence-electron chi connectivity index (χ0n) is 14.2. The van der Waals surface area contributed by atoms with Gasteiger partial charge in [-0.3, -0.25) is 0 Å². The average Bonchev–Trinajstić information content (AvgIpc) is 2.82. The number of hydrogen-bond donors (Lipinski definition) is 0. The predicted octanol–water partition coefficient (Wildman–Crippen LogP) is 4.41. The Labute approximate surface area is 157 Å². The highest BCUT2D eigenvalue weighted by molar-refractivity contribution is 6.36. The Hall–Kier alpha value is -1.93. The SMILES string of the molecule is C=CCc1c(Cl)c(-n2c(C(F)(F)F)nn(C)c2=O)cc(Cl)c1OC(C)C. The van der Waals surface area contributed by atoms with Crippen molar-refractivity contribution in [2.45, 2.75) is 32.5 Å². The van der Waals surface area contributed by atoms with Crippen LogP contribution in [-0.4, -0.2) is 20.5 Å². The second-order valence-corrected chi connectivity index (χ2v) is 6.51. The molecule has 10 heteroatoms. The molecule has 1 aromatic heterocycles. The second kappa shape index (κ2) is 7.36. The summed E-state index contributed by atoms with van der Waals surface area (Å²) < 4.78 is 46.5. The van der Waals surface area contributed by atoms with Crippen LogP contribution < -0.4 is 10.4 Å². The molecule has 0 fully saturated rings. The van der Waals surface area contributed by atoms with Gasteiger partial charge in [-0.05, 0) is 26.3 Å². The van der Waals surface area contributed by atoms with E-state index in [9.17, 15) is 18.0 Å². The Morgan fingerprint density at radius 2 is 2.00 bits per heavy atom. The molecule has 1 heterocycles. The van der Waals surface area contributed by atoms with Crippen LogP contribution in [0.2, 0.25) is 10.0 Å². The monoisotopic (exact) mass is 409 g/mol. The van der Waals surface area contributed by atoms with E-state index < -0.39 is 17.7 Å². The number of rotatable bonds is 5. The molecule has 1 aromatic carbocycles. The first-order valence-electron chi connectivity index (χ1n) is 7.51. The van der Waals surface area contributed by atoms with E-state index in [4.69, 9.17) is 27.9 Å². The van der Waals surface area contributed by atoms with Crippen molar-refractivity contribution in [1.29, 1.82) is 0 Å². The summed E-state index contributed by atoms with van der Waals surface area (Å²) in [6.45, 7) is 7.14.